The smallest absolute Gasteiger partial charge is 0.416 e. The van der Waals surface area contributed by atoms with Crippen molar-refractivity contribution in [2.45, 2.75) is 6.18 Å². The van der Waals surface area contributed by atoms with Crippen LogP contribution in [0.15, 0.2) is 51.7 Å². The van der Waals surface area contributed by atoms with Crippen LogP contribution in [-0.4, -0.2) is 32.9 Å². The molecule has 0 fully saturated rings. The predicted octanol–water partition coefficient (Wildman–Crippen LogP) is 4.70. The minimum absolute atomic E-state index is 0.00944. The summed E-state index contributed by atoms with van der Waals surface area (Å²) in [5, 5.41) is 0.420. The Balaban J connectivity index is 1.96. The summed E-state index contributed by atoms with van der Waals surface area (Å²) in [5.41, 5.74) is -1.12. The van der Waals surface area contributed by atoms with Gasteiger partial charge in [-0.1, -0.05) is 17.7 Å². The molecule has 1 aromatic heterocycles. The topological polar surface area (TPSA) is 75.0 Å². The summed E-state index contributed by atoms with van der Waals surface area (Å²) in [5.74, 6) is -0.787. The van der Waals surface area contributed by atoms with Crippen LogP contribution >= 0.6 is 11.6 Å². The molecule has 0 saturated carbocycles. The van der Waals surface area contributed by atoms with Gasteiger partial charge in [-0.3, -0.25) is 4.79 Å². The van der Waals surface area contributed by atoms with Crippen LogP contribution < -0.4 is 10.2 Å². The standard InChI is InChI=1S/C21H16ClF3O6/c1-28-19(27)11-29-7-8-30-17-9-12(21(23,24)25)5-6-14(17)18-10-16(26)13-3-2-4-15(22)20(13)31-18/h2-6,9-10H,7-8,11H2,1H3. The summed E-state index contributed by atoms with van der Waals surface area (Å²) >= 11 is 6.10. The number of ether oxygens (including phenoxy) is 3. The fourth-order valence-electron chi connectivity index (χ4n) is 2.72. The monoisotopic (exact) mass is 456 g/mol. The van der Waals surface area contributed by atoms with E-state index in [9.17, 15) is 22.8 Å². The zero-order chi connectivity index (χ0) is 22.6. The van der Waals surface area contributed by atoms with Gasteiger partial charge in [0.2, 0.25) is 0 Å². The van der Waals surface area contributed by atoms with Crippen molar-refractivity contribution in [3.63, 3.8) is 0 Å². The molecule has 3 aromatic rings. The third kappa shape index (κ3) is 5.36. The van der Waals surface area contributed by atoms with Crippen LogP contribution in [0.25, 0.3) is 22.3 Å². The van der Waals surface area contributed by atoms with Gasteiger partial charge in [-0.2, -0.15) is 13.2 Å². The molecule has 3 rings (SSSR count). The fraction of sp³-hybridized carbons (Fsp3) is 0.238. The first-order valence-corrected chi connectivity index (χ1v) is 9.30. The van der Waals surface area contributed by atoms with Crippen LogP contribution in [0.1, 0.15) is 5.56 Å². The highest BCUT2D eigenvalue weighted by molar-refractivity contribution is 6.34. The lowest BCUT2D eigenvalue weighted by molar-refractivity contribution is -0.146. The van der Waals surface area contributed by atoms with Crippen LogP contribution in [0.5, 0.6) is 5.75 Å². The molecule has 10 heteroatoms. The normalized spacial score (nSPS) is 11.5. The van der Waals surface area contributed by atoms with Crippen LogP contribution in [0.4, 0.5) is 13.2 Å². The lowest BCUT2D eigenvalue weighted by Gasteiger charge is -2.15. The molecule has 31 heavy (non-hydrogen) atoms. The van der Waals surface area contributed by atoms with Crippen molar-refractivity contribution in [1.82, 2.24) is 0 Å². The van der Waals surface area contributed by atoms with Gasteiger partial charge in [0.25, 0.3) is 0 Å². The molecule has 2 aromatic carbocycles. The molecule has 0 saturated heterocycles. The maximum Gasteiger partial charge on any atom is 0.416 e. The highest BCUT2D eigenvalue weighted by atomic mass is 35.5. The van der Waals surface area contributed by atoms with Crippen LogP contribution in [0.3, 0.4) is 0 Å². The number of esters is 1. The Morgan fingerprint density at radius 2 is 1.90 bits per heavy atom. The van der Waals surface area contributed by atoms with E-state index in [2.05, 4.69) is 4.74 Å². The molecule has 0 radical (unpaired) electrons. The third-order valence-electron chi connectivity index (χ3n) is 4.21. The third-order valence-corrected chi connectivity index (χ3v) is 4.51. The molecule has 0 N–H and O–H groups in total. The van der Waals surface area contributed by atoms with Gasteiger partial charge in [-0.25, -0.2) is 4.79 Å². The van der Waals surface area contributed by atoms with E-state index in [1.54, 1.807) is 6.07 Å². The highest BCUT2D eigenvalue weighted by Crippen LogP contribution is 2.38. The van der Waals surface area contributed by atoms with Gasteiger partial charge in [0, 0.05) is 6.07 Å². The van der Waals surface area contributed by atoms with E-state index in [1.165, 1.54) is 19.2 Å². The average molecular weight is 457 g/mol. The van der Waals surface area contributed by atoms with E-state index >= 15 is 0 Å². The van der Waals surface area contributed by atoms with Crippen molar-refractivity contribution in [2.24, 2.45) is 0 Å². The molecule has 1 heterocycles. The minimum Gasteiger partial charge on any atom is -0.490 e. The molecule has 6 nitrogen and oxygen atoms in total. The molecular formula is C21H16ClF3O6. The Morgan fingerprint density at radius 1 is 1.13 bits per heavy atom. The number of para-hydroxylation sites is 1. The van der Waals surface area contributed by atoms with Crippen molar-refractivity contribution in [2.75, 3.05) is 26.9 Å². The first kappa shape index (κ1) is 22.6. The molecule has 0 unspecified atom stereocenters. The number of methoxy groups -OCH3 is 1. The number of benzene rings is 2. The van der Waals surface area contributed by atoms with Gasteiger partial charge in [0.15, 0.2) is 11.0 Å². The summed E-state index contributed by atoms with van der Waals surface area (Å²) in [6.07, 6.45) is -4.61. The number of hydrogen-bond acceptors (Lipinski definition) is 6. The van der Waals surface area contributed by atoms with Gasteiger partial charge in [-0.05, 0) is 30.3 Å². The molecule has 0 aliphatic rings. The molecule has 0 aliphatic carbocycles. The second-order valence-electron chi connectivity index (χ2n) is 6.28. The quantitative estimate of drug-likeness (QED) is 0.379. The Labute approximate surface area is 179 Å². The van der Waals surface area contributed by atoms with Gasteiger partial charge < -0.3 is 18.6 Å². The van der Waals surface area contributed by atoms with Crippen molar-refractivity contribution in [1.29, 1.82) is 0 Å². The van der Waals surface area contributed by atoms with E-state index < -0.39 is 23.1 Å². The first-order valence-electron chi connectivity index (χ1n) is 8.92. The number of fused-ring (bicyclic) bond motifs is 1. The average Bonchev–Trinajstić information content (AvgIpc) is 2.73. The zero-order valence-electron chi connectivity index (χ0n) is 16.1. The molecule has 164 valence electrons. The van der Waals surface area contributed by atoms with Crippen molar-refractivity contribution in [3.8, 4) is 17.1 Å². The lowest BCUT2D eigenvalue weighted by Crippen LogP contribution is -2.15. The summed E-state index contributed by atoms with van der Waals surface area (Å²) in [6, 6.07) is 8.59. The molecular weight excluding hydrogens is 441 g/mol. The lowest BCUT2D eigenvalue weighted by atomic mass is 10.1. The Morgan fingerprint density at radius 3 is 2.61 bits per heavy atom. The Kier molecular flexibility index (Phi) is 6.87. The summed E-state index contributed by atoms with van der Waals surface area (Å²) in [6.45, 7) is -0.574. The molecule has 0 bridgehead atoms. The van der Waals surface area contributed by atoms with Crippen molar-refractivity contribution >= 4 is 28.5 Å². The van der Waals surface area contributed by atoms with Gasteiger partial charge >= 0.3 is 12.1 Å². The number of halogens is 4. The largest absolute Gasteiger partial charge is 0.490 e. The second kappa shape index (κ2) is 9.40. The van der Waals surface area contributed by atoms with Crippen molar-refractivity contribution < 1.29 is 36.6 Å². The van der Waals surface area contributed by atoms with E-state index in [-0.39, 0.29) is 52.9 Å². The maximum absolute atomic E-state index is 13.2. The van der Waals surface area contributed by atoms with Crippen LogP contribution in [-0.2, 0) is 20.4 Å². The summed E-state index contributed by atoms with van der Waals surface area (Å²) < 4.78 is 60.1. The zero-order valence-corrected chi connectivity index (χ0v) is 16.9. The summed E-state index contributed by atoms with van der Waals surface area (Å²) in [4.78, 5) is 23.5. The minimum atomic E-state index is -4.61. The van der Waals surface area contributed by atoms with Crippen LogP contribution in [0, 0.1) is 0 Å². The van der Waals surface area contributed by atoms with Crippen molar-refractivity contribution in [3.05, 3.63) is 63.3 Å². The molecule has 0 spiro atoms. The van der Waals surface area contributed by atoms with Crippen LogP contribution in [0.2, 0.25) is 5.02 Å². The molecule has 0 atom stereocenters. The van der Waals surface area contributed by atoms with E-state index in [1.807, 2.05) is 0 Å². The maximum atomic E-state index is 13.2. The molecule has 0 aliphatic heterocycles. The predicted molar refractivity (Wildman–Crippen MR) is 106 cm³/mol. The second-order valence-corrected chi connectivity index (χ2v) is 6.68. The first-order chi connectivity index (χ1) is 14.7. The van der Waals surface area contributed by atoms with Gasteiger partial charge in [-0.15, -0.1) is 0 Å². The van der Waals surface area contributed by atoms with E-state index in [4.69, 9.17) is 25.5 Å². The number of alkyl halides is 3. The van der Waals surface area contributed by atoms with Gasteiger partial charge in [0.05, 0.1) is 35.3 Å². The van der Waals surface area contributed by atoms with Gasteiger partial charge in [0.1, 0.15) is 24.7 Å². The SMILES string of the molecule is COC(=O)COCCOc1cc(C(F)(F)F)ccc1-c1cc(=O)c2cccc(Cl)c2o1. The fourth-order valence-corrected chi connectivity index (χ4v) is 2.94. The Hall–Kier alpha value is -3.04. The van der Waals surface area contributed by atoms with E-state index in [0.29, 0.717) is 0 Å². The Bertz CT molecular complexity index is 1160. The summed E-state index contributed by atoms with van der Waals surface area (Å²) in [7, 11) is 1.20. The molecule has 0 amide bonds. The number of carbonyl (C=O) groups excluding carboxylic acids is 1. The number of carbonyl (C=O) groups is 1. The number of rotatable bonds is 7. The van der Waals surface area contributed by atoms with E-state index in [0.717, 1.165) is 24.3 Å². The highest BCUT2D eigenvalue weighted by Gasteiger charge is 2.31. The number of hydrogen-bond donors (Lipinski definition) is 0.